The smallest absolute Gasteiger partial charge is 0.220 e. The molecule has 122 valence electrons. The largest absolute Gasteiger partial charge is 0.388 e. The lowest BCUT2D eigenvalue weighted by Crippen LogP contribution is -1.94. The number of aromatic nitrogens is 3. The number of nitrogens with two attached hydrogens (primary N) is 1. The first-order chi connectivity index (χ1) is 11.7. The third-order valence-electron chi connectivity index (χ3n) is 3.22. The zero-order valence-electron chi connectivity index (χ0n) is 13.6. The maximum atomic E-state index is 9.32. The van der Waals surface area contributed by atoms with Crippen LogP contribution >= 0.6 is 0 Å². The van der Waals surface area contributed by atoms with Crippen molar-refractivity contribution in [3.05, 3.63) is 54.9 Å². The topological polar surface area (TPSA) is 93.8 Å². The second kappa shape index (κ2) is 8.38. The van der Waals surface area contributed by atoms with Gasteiger partial charge in [-0.3, -0.25) is 9.78 Å². The maximum Gasteiger partial charge on any atom is 0.220 e. The van der Waals surface area contributed by atoms with E-state index >= 15 is 0 Å². The van der Waals surface area contributed by atoms with E-state index in [9.17, 15) is 4.79 Å². The standard InChI is InChI=1S/C14H13N5.C4H6O/c1-16-11-4-5-17-12(7-11)9-2-3-10-8-18-14(15)19-13(10)6-9;1-2-3-4-5/h2-8H,1H3,(H,16,17)(H2,15,18,19);2-4H,1H3/b;3-2+. The molecule has 0 spiro atoms. The predicted molar refractivity (Wildman–Crippen MR) is 97.6 cm³/mol. The van der Waals surface area contributed by atoms with E-state index in [1.165, 1.54) is 6.08 Å². The molecule has 2 heterocycles. The molecular formula is C18H19N5O. The van der Waals surface area contributed by atoms with Gasteiger partial charge >= 0.3 is 0 Å². The number of aldehydes is 1. The van der Waals surface area contributed by atoms with Crippen molar-refractivity contribution < 1.29 is 4.79 Å². The molecule has 0 amide bonds. The Morgan fingerprint density at radius 1 is 1.17 bits per heavy atom. The Kier molecular flexibility index (Phi) is 5.96. The Morgan fingerprint density at radius 2 is 2.00 bits per heavy atom. The number of benzene rings is 1. The summed E-state index contributed by atoms with van der Waals surface area (Å²) < 4.78 is 0. The maximum absolute atomic E-state index is 9.32. The summed E-state index contributed by atoms with van der Waals surface area (Å²) in [6.45, 7) is 1.80. The molecular weight excluding hydrogens is 302 g/mol. The average molecular weight is 321 g/mol. The van der Waals surface area contributed by atoms with Crippen molar-refractivity contribution in [1.29, 1.82) is 0 Å². The third-order valence-corrected chi connectivity index (χ3v) is 3.22. The predicted octanol–water partition coefficient (Wildman–Crippen LogP) is 3.08. The highest BCUT2D eigenvalue weighted by molar-refractivity contribution is 5.83. The van der Waals surface area contributed by atoms with Crippen LogP contribution in [0.3, 0.4) is 0 Å². The summed E-state index contributed by atoms with van der Waals surface area (Å²) in [7, 11) is 1.88. The monoisotopic (exact) mass is 321 g/mol. The summed E-state index contributed by atoms with van der Waals surface area (Å²) in [4.78, 5) is 21.9. The van der Waals surface area contributed by atoms with Crippen LogP contribution in [0.15, 0.2) is 54.9 Å². The minimum atomic E-state index is 0.279. The summed E-state index contributed by atoms with van der Waals surface area (Å²) in [5, 5.41) is 4.06. The Labute approximate surface area is 140 Å². The zero-order chi connectivity index (χ0) is 17.4. The van der Waals surface area contributed by atoms with E-state index in [0.717, 1.165) is 34.1 Å². The van der Waals surface area contributed by atoms with Crippen molar-refractivity contribution in [3.8, 4) is 11.3 Å². The molecule has 0 unspecified atom stereocenters. The Bertz CT molecular complexity index is 861. The molecule has 0 aliphatic heterocycles. The van der Waals surface area contributed by atoms with E-state index in [0.29, 0.717) is 0 Å². The number of carbonyl (C=O) groups is 1. The fourth-order valence-electron chi connectivity index (χ4n) is 2.02. The highest BCUT2D eigenvalue weighted by Crippen LogP contribution is 2.23. The Balaban J connectivity index is 0.000000368. The number of hydrogen-bond acceptors (Lipinski definition) is 6. The highest BCUT2D eigenvalue weighted by Gasteiger charge is 2.03. The normalized spacial score (nSPS) is 10.2. The number of nitrogens with one attached hydrogen (secondary N) is 1. The van der Waals surface area contributed by atoms with E-state index in [-0.39, 0.29) is 5.95 Å². The van der Waals surface area contributed by atoms with Crippen LogP contribution in [-0.4, -0.2) is 28.3 Å². The molecule has 1 aromatic carbocycles. The van der Waals surface area contributed by atoms with Gasteiger partial charge in [-0.15, -0.1) is 0 Å². The van der Waals surface area contributed by atoms with Gasteiger partial charge in [0.05, 0.1) is 11.2 Å². The molecule has 0 saturated carbocycles. The molecule has 24 heavy (non-hydrogen) atoms. The minimum Gasteiger partial charge on any atom is -0.388 e. The van der Waals surface area contributed by atoms with Gasteiger partial charge in [0.2, 0.25) is 5.95 Å². The first kappa shape index (κ1) is 17.1. The molecule has 2 aromatic heterocycles. The second-order valence-corrected chi connectivity index (χ2v) is 4.84. The molecule has 0 aliphatic rings. The van der Waals surface area contributed by atoms with E-state index in [1.807, 2.05) is 37.4 Å². The number of fused-ring (bicyclic) bond motifs is 1. The lowest BCUT2D eigenvalue weighted by atomic mass is 10.1. The van der Waals surface area contributed by atoms with Gasteiger partial charge in [0.15, 0.2) is 0 Å². The first-order valence-electron chi connectivity index (χ1n) is 7.41. The molecule has 0 saturated heterocycles. The number of nitrogen functional groups attached to an aromatic ring is 1. The summed E-state index contributed by atoms with van der Waals surface area (Å²) in [5.41, 5.74) is 9.35. The molecule has 3 N–H and O–H groups in total. The van der Waals surface area contributed by atoms with Gasteiger partial charge in [-0.1, -0.05) is 18.2 Å². The first-order valence-corrected chi connectivity index (χ1v) is 7.41. The van der Waals surface area contributed by atoms with Crippen molar-refractivity contribution >= 4 is 28.8 Å². The highest BCUT2D eigenvalue weighted by atomic mass is 16.1. The van der Waals surface area contributed by atoms with Crippen molar-refractivity contribution in [2.75, 3.05) is 18.1 Å². The SMILES string of the molecule is C/C=C/C=O.CNc1ccnc(-c2ccc3cnc(N)nc3c2)c1. The van der Waals surface area contributed by atoms with Crippen LogP contribution in [0.4, 0.5) is 11.6 Å². The fraction of sp³-hybridized carbons (Fsp3) is 0.111. The van der Waals surface area contributed by atoms with E-state index in [2.05, 4.69) is 20.3 Å². The van der Waals surface area contributed by atoms with Gasteiger partial charge in [0, 0.05) is 36.1 Å². The molecule has 0 radical (unpaired) electrons. The number of carbonyl (C=O) groups excluding carboxylic acids is 1. The van der Waals surface area contributed by atoms with Crippen molar-refractivity contribution in [1.82, 2.24) is 15.0 Å². The van der Waals surface area contributed by atoms with Crippen LogP contribution in [0.1, 0.15) is 6.92 Å². The van der Waals surface area contributed by atoms with Crippen molar-refractivity contribution in [3.63, 3.8) is 0 Å². The van der Waals surface area contributed by atoms with Crippen LogP contribution < -0.4 is 11.1 Å². The lowest BCUT2D eigenvalue weighted by molar-refractivity contribution is -0.104. The van der Waals surface area contributed by atoms with E-state index in [4.69, 9.17) is 5.73 Å². The third kappa shape index (κ3) is 4.36. The summed E-state index contributed by atoms with van der Waals surface area (Å²) in [5.74, 6) is 0.279. The van der Waals surface area contributed by atoms with Crippen LogP contribution in [-0.2, 0) is 4.79 Å². The number of allylic oxidation sites excluding steroid dienone is 2. The number of hydrogen-bond donors (Lipinski definition) is 2. The number of rotatable bonds is 3. The van der Waals surface area contributed by atoms with Gasteiger partial charge in [-0.05, 0) is 31.2 Å². The number of nitrogens with zero attached hydrogens (tertiary/aromatic N) is 3. The van der Waals surface area contributed by atoms with Crippen LogP contribution in [0.5, 0.6) is 0 Å². The van der Waals surface area contributed by atoms with Crippen LogP contribution in [0.25, 0.3) is 22.2 Å². The van der Waals surface area contributed by atoms with E-state index < -0.39 is 0 Å². The zero-order valence-corrected chi connectivity index (χ0v) is 13.6. The van der Waals surface area contributed by atoms with Gasteiger partial charge in [0.25, 0.3) is 0 Å². The van der Waals surface area contributed by atoms with E-state index in [1.54, 1.807) is 25.4 Å². The molecule has 0 bridgehead atoms. The average Bonchev–Trinajstić information content (AvgIpc) is 2.62. The van der Waals surface area contributed by atoms with Gasteiger partial charge in [0.1, 0.15) is 6.29 Å². The molecule has 6 heteroatoms. The van der Waals surface area contributed by atoms with Crippen LogP contribution in [0, 0.1) is 0 Å². The minimum absolute atomic E-state index is 0.279. The van der Waals surface area contributed by atoms with Gasteiger partial charge in [-0.2, -0.15) is 0 Å². The summed E-state index contributed by atoms with van der Waals surface area (Å²) in [6.07, 6.45) is 7.38. The fourth-order valence-corrected chi connectivity index (χ4v) is 2.02. The molecule has 3 rings (SSSR count). The quantitative estimate of drug-likeness (QED) is 0.569. The Hall–Kier alpha value is -3.28. The summed E-state index contributed by atoms with van der Waals surface area (Å²) in [6, 6.07) is 9.85. The number of anilines is 2. The second-order valence-electron chi connectivity index (χ2n) is 4.84. The molecule has 6 nitrogen and oxygen atoms in total. The van der Waals surface area contributed by atoms with Gasteiger partial charge in [-0.25, -0.2) is 9.97 Å². The molecule has 0 aliphatic carbocycles. The molecule has 3 aromatic rings. The Morgan fingerprint density at radius 3 is 2.67 bits per heavy atom. The molecule has 0 fully saturated rings. The summed E-state index contributed by atoms with van der Waals surface area (Å²) >= 11 is 0. The van der Waals surface area contributed by atoms with Crippen molar-refractivity contribution in [2.45, 2.75) is 6.92 Å². The van der Waals surface area contributed by atoms with Crippen LogP contribution in [0.2, 0.25) is 0 Å². The molecule has 0 atom stereocenters. The van der Waals surface area contributed by atoms with Gasteiger partial charge < -0.3 is 11.1 Å². The number of pyridine rings is 1. The van der Waals surface area contributed by atoms with Crippen molar-refractivity contribution in [2.24, 2.45) is 0 Å². The lowest BCUT2D eigenvalue weighted by Gasteiger charge is -2.05.